The Morgan fingerprint density at radius 2 is 1.50 bits per heavy atom. The summed E-state index contributed by atoms with van der Waals surface area (Å²) < 4.78 is 32.9. The van der Waals surface area contributed by atoms with Crippen LogP contribution in [0, 0.1) is 13.8 Å². The number of methoxy groups -OCH3 is 1. The molecule has 2 N–H and O–H groups in total. The number of sulfonamides is 1. The molecule has 0 heterocycles. The Morgan fingerprint density at radius 1 is 0.867 bits per heavy atom. The smallest absolute Gasteiger partial charge is 0.261 e. The molecule has 0 aliphatic heterocycles. The monoisotopic (exact) mass is 424 g/mol. The fraction of sp³-hybridized carbons (Fsp3) is 0.174. The number of anilines is 2. The molecule has 0 fully saturated rings. The van der Waals surface area contributed by atoms with Crippen LogP contribution >= 0.6 is 0 Å². The molecule has 30 heavy (non-hydrogen) atoms. The van der Waals surface area contributed by atoms with E-state index in [0.29, 0.717) is 11.4 Å². The van der Waals surface area contributed by atoms with Crippen LogP contribution in [-0.4, -0.2) is 21.4 Å². The molecule has 0 radical (unpaired) electrons. The van der Waals surface area contributed by atoms with Gasteiger partial charge in [-0.05, 0) is 79.1 Å². The molecule has 0 atom stereocenters. The van der Waals surface area contributed by atoms with Crippen LogP contribution in [0.4, 0.5) is 11.4 Å². The Labute approximate surface area is 177 Å². The minimum absolute atomic E-state index is 0.119. The third kappa shape index (κ3) is 5.39. The van der Waals surface area contributed by atoms with Gasteiger partial charge < -0.3 is 10.1 Å². The second-order valence-electron chi connectivity index (χ2n) is 7.00. The maximum Gasteiger partial charge on any atom is 0.261 e. The third-order valence-electron chi connectivity index (χ3n) is 4.73. The highest BCUT2D eigenvalue weighted by Gasteiger charge is 2.15. The Kier molecular flexibility index (Phi) is 6.42. The SMILES string of the molecule is COc1ccc(CC(=O)Nc2ccc(S(=O)(=O)Nc3ccc(C)c(C)c3)cc2)cc1. The highest BCUT2D eigenvalue weighted by molar-refractivity contribution is 7.92. The van der Waals surface area contributed by atoms with Crippen LogP contribution in [0.1, 0.15) is 16.7 Å². The Hall–Kier alpha value is -3.32. The van der Waals surface area contributed by atoms with Gasteiger partial charge >= 0.3 is 0 Å². The number of aryl methyl sites for hydroxylation is 2. The summed E-state index contributed by atoms with van der Waals surface area (Å²) in [6.07, 6.45) is 0.207. The predicted molar refractivity (Wildman–Crippen MR) is 118 cm³/mol. The fourth-order valence-electron chi connectivity index (χ4n) is 2.87. The number of hydrogen-bond donors (Lipinski definition) is 2. The molecule has 3 aromatic rings. The molecular weight excluding hydrogens is 400 g/mol. The second-order valence-corrected chi connectivity index (χ2v) is 8.68. The highest BCUT2D eigenvalue weighted by atomic mass is 32.2. The normalized spacial score (nSPS) is 11.0. The van der Waals surface area contributed by atoms with E-state index in [2.05, 4.69) is 10.0 Å². The van der Waals surface area contributed by atoms with E-state index in [4.69, 9.17) is 4.74 Å². The summed E-state index contributed by atoms with van der Waals surface area (Å²) in [5.74, 6) is 0.536. The lowest BCUT2D eigenvalue weighted by Gasteiger charge is -2.11. The molecule has 3 rings (SSSR count). The van der Waals surface area contributed by atoms with Gasteiger partial charge in [0, 0.05) is 11.4 Å². The van der Waals surface area contributed by atoms with Gasteiger partial charge in [-0.1, -0.05) is 18.2 Å². The van der Waals surface area contributed by atoms with E-state index in [9.17, 15) is 13.2 Å². The van der Waals surface area contributed by atoms with Crippen molar-refractivity contribution < 1.29 is 17.9 Å². The minimum Gasteiger partial charge on any atom is -0.497 e. The minimum atomic E-state index is -3.72. The number of hydrogen-bond acceptors (Lipinski definition) is 4. The van der Waals surface area contributed by atoms with E-state index in [0.717, 1.165) is 22.4 Å². The maximum absolute atomic E-state index is 12.6. The summed E-state index contributed by atoms with van der Waals surface area (Å²) in [5, 5.41) is 2.78. The van der Waals surface area contributed by atoms with Crippen molar-refractivity contribution in [2.24, 2.45) is 0 Å². The molecule has 0 saturated carbocycles. The van der Waals surface area contributed by atoms with Crippen LogP contribution in [-0.2, 0) is 21.2 Å². The lowest BCUT2D eigenvalue weighted by Crippen LogP contribution is -2.15. The second kappa shape index (κ2) is 9.00. The van der Waals surface area contributed by atoms with Crippen molar-refractivity contribution >= 4 is 27.3 Å². The van der Waals surface area contributed by atoms with Gasteiger partial charge in [0.1, 0.15) is 5.75 Å². The van der Waals surface area contributed by atoms with Crippen molar-refractivity contribution in [3.63, 3.8) is 0 Å². The number of amides is 1. The van der Waals surface area contributed by atoms with Crippen LogP contribution in [0.2, 0.25) is 0 Å². The van der Waals surface area contributed by atoms with E-state index >= 15 is 0 Å². The standard InChI is InChI=1S/C23H24N2O4S/c1-16-4-7-20(14-17(16)2)25-30(27,28)22-12-8-19(9-13-22)24-23(26)15-18-5-10-21(29-3)11-6-18/h4-14,25H,15H2,1-3H3,(H,24,26). The first kappa shape index (κ1) is 21.4. The Balaban J connectivity index is 1.64. The van der Waals surface area contributed by atoms with E-state index in [-0.39, 0.29) is 17.2 Å². The first-order valence-electron chi connectivity index (χ1n) is 9.40. The van der Waals surface area contributed by atoms with E-state index in [1.807, 2.05) is 32.0 Å². The Morgan fingerprint density at radius 3 is 2.10 bits per heavy atom. The van der Waals surface area contributed by atoms with E-state index in [1.54, 1.807) is 43.5 Å². The molecule has 0 bridgehead atoms. The molecule has 0 aliphatic rings. The topological polar surface area (TPSA) is 84.5 Å². The van der Waals surface area contributed by atoms with Crippen molar-refractivity contribution in [2.75, 3.05) is 17.1 Å². The number of rotatable bonds is 7. The van der Waals surface area contributed by atoms with Crippen LogP contribution in [0.3, 0.4) is 0 Å². The molecular formula is C23H24N2O4S. The molecule has 3 aromatic carbocycles. The van der Waals surface area contributed by atoms with Gasteiger partial charge in [0.05, 0.1) is 18.4 Å². The van der Waals surface area contributed by atoms with Crippen molar-refractivity contribution in [2.45, 2.75) is 25.2 Å². The zero-order valence-electron chi connectivity index (χ0n) is 17.1. The third-order valence-corrected chi connectivity index (χ3v) is 6.13. The summed E-state index contributed by atoms with van der Waals surface area (Å²) in [6, 6.07) is 18.7. The molecule has 6 nitrogen and oxygen atoms in total. The lowest BCUT2D eigenvalue weighted by atomic mass is 10.1. The number of nitrogens with one attached hydrogen (secondary N) is 2. The highest BCUT2D eigenvalue weighted by Crippen LogP contribution is 2.20. The van der Waals surface area contributed by atoms with Gasteiger partial charge in [0.25, 0.3) is 10.0 Å². The van der Waals surface area contributed by atoms with Crippen molar-refractivity contribution in [3.8, 4) is 5.75 Å². The van der Waals surface area contributed by atoms with E-state index in [1.165, 1.54) is 12.1 Å². The fourth-order valence-corrected chi connectivity index (χ4v) is 3.92. The lowest BCUT2D eigenvalue weighted by molar-refractivity contribution is -0.115. The van der Waals surface area contributed by atoms with Crippen LogP contribution in [0.5, 0.6) is 5.75 Å². The molecule has 7 heteroatoms. The zero-order valence-corrected chi connectivity index (χ0v) is 17.9. The predicted octanol–water partition coefficient (Wildman–Crippen LogP) is 4.29. The number of ether oxygens (including phenoxy) is 1. The summed E-state index contributed by atoms with van der Waals surface area (Å²) in [6.45, 7) is 3.89. The van der Waals surface area contributed by atoms with Crippen LogP contribution < -0.4 is 14.8 Å². The molecule has 0 aliphatic carbocycles. The molecule has 0 unspecified atom stereocenters. The molecule has 1 amide bonds. The van der Waals surface area contributed by atoms with Crippen molar-refractivity contribution in [3.05, 3.63) is 83.4 Å². The summed E-state index contributed by atoms with van der Waals surface area (Å²) in [5.41, 5.74) is 3.98. The maximum atomic E-state index is 12.6. The van der Waals surface area contributed by atoms with E-state index < -0.39 is 10.0 Å². The van der Waals surface area contributed by atoms with Crippen LogP contribution in [0.15, 0.2) is 71.6 Å². The van der Waals surface area contributed by atoms with Gasteiger partial charge in [0.2, 0.25) is 5.91 Å². The van der Waals surface area contributed by atoms with Crippen molar-refractivity contribution in [1.82, 2.24) is 0 Å². The Bertz CT molecular complexity index is 1140. The average molecular weight is 425 g/mol. The van der Waals surface area contributed by atoms with Gasteiger partial charge in [-0.2, -0.15) is 0 Å². The quantitative estimate of drug-likeness (QED) is 0.592. The number of benzene rings is 3. The summed E-state index contributed by atoms with van der Waals surface area (Å²) >= 11 is 0. The van der Waals surface area contributed by atoms with Crippen LogP contribution in [0.25, 0.3) is 0 Å². The molecule has 0 spiro atoms. The summed E-state index contributed by atoms with van der Waals surface area (Å²) in [4.78, 5) is 12.4. The van der Waals surface area contributed by atoms with Gasteiger partial charge in [-0.3, -0.25) is 9.52 Å². The first-order valence-corrected chi connectivity index (χ1v) is 10.9. The number of carbonyl (C=O) groups excluding carboxylic acids is 1. The molecule has 156 valence electrons. The molecule has 0 saturated heterocycles. The number of carbonyl (C=O) groups is 1. The summed E-state index contributed by atoms with van der Waals surface area (Å²) in [7, 11) is -2.13. The van der Waals surface area contributed by atoms with Gasteiger partial charge in [-0.15, -0.1) is 0 Å². The molecule has 0 aromatic heterocycles. The van der Waals surface area contributed by atoms with Gasteiger partial charge in [0.15, 0.2) is 0 Å². The zero-order chi connectivity index (χ0) is 21.7. The van der Waals surface area contributed by atoms with Crippen molar-refractivity contribution in [1.29, 1.82) is 0 Å². The first-order chi connectivity index (χ1) is 14.3. The average Bonchev–Trinajstić information content (AvgIpc) is 2.71. The van der Waals surface area contributed by atoms with Gasteiger partial charge in [-0.25, -0.2) is 8.42 Å². The largest absolute Gasteiger partial charge is 0.497 e.